The van der Waals surface area contributed by atoms with Crippen LogP contribution in [-0.2, 0) is 4.79 Å². The van der Waals surface area contributed by atoms with Crippen LogP contribution in [0.3, 0.4) is 0 Å². The second-order valence-corrected chi connectivity index (χ2v) is 8.88. The lowest BCUT2D eigenvalue weighted by Crippen LogP contribution is -2.13. The Kier molecular flexibility index (Phi) is 6.43. The van der Waals surface area contributed by atoms with E-state index in [1.807, 2.05) is 30.3 Å². The molecule has 0 unspecified atom stereocenters. The number of benzene rings is 3. The van der Waals surface area contributed by atoms with Crippen LogP contribution >= 0.6 is 23.1 Å². The summed E-state index contributed by atoms with van der Waals surface area (Å²) in [5.41, 5.74) is 2.48. The van der Waals surface area contributed by atoms with Crippen LogP contribution in [0.1, 0.15) is 10.4 Å². The smallest absolute Gasteiger partial charge is 0.269 e. The number of hydrogen-bond donors (Lipinski definition) is 2. The minimum Gasteiger partial charge on any atom is -0.325 e. The Morgan fingerprint density at radius 3 is 2.41 bits per heavy atom. The highest BCUT2D eigenvalue weighted by Crippen LogP contribution is 2.31. The number of non-ortho nitro benzene ring substituents is 1. The molecule has 0 aliphatic rings. The van der Waals surface area contributed by atoms with Gasteiger partial charge in [0.25, 0.3) is 11.6 Å². The molecule has 160 valence electrons. The van der Waals surface area contributed by atoms with Crippen molar-refractivity contribution in [1.29, 1.82) is 0 Å². The quantitative estimate of drug-likeness (QED) is 0.221. The van der Waals surface area contributed by atoms with Crippen LogP contribution < -0.4 is 10.6 Å². The van der Waals surface area contributed by atoms with Gasteiger partial charge in [0.05, 0.1) is 20.9 Å². The van der Waals surface area contributed by atoms with Crippen molar-refractivity contribution in [2.45, 2.75) is 4.34 Å². The monoisotopic (exact) mass is 464 g/mol. The van der Waals surface area contributed by atoms with Crippen LogP contribution in [0.5, 0.6) is 0 Å². The molecule has 0 bridgehead atoms. The predicted octanol–water partition coefficient (Wildman–Crippen LogP) is 5.19. The van der Waals surface area contributed by atoms with E-state index < -0.39 is 4.92 Å². The number of rotatable bonds is 7. The summed E-state index contributed by atoms with van der Waals surface area (Å²) in [5.74, 6) is -0.278. The lowest BCUT2D eigenvalue weighted by Gasteiger charge is -2.04. The largest absolute Gasteiger partial charge is 0.325 e. The van der Waals surface area contributed by atoms with Gasteiger partial charge in [0.2, 0.25) is 5.91 Å². The second-order valence-electron chi connectivity index (χ2n) is 6.62. The molecular weight excluding hydrogens is 448 g/mol. The fourth-order valence-electron chi connectivity index (χ4n) is 2.83. The van der Waals surface area contributed by atoms with E-state index in [-0.39, 0.29) is 23.3 Å². The summed E-state index contributed by atoms with van der Waals surface area (Å²) in [5, 5.41) is 16.3. The summed E-state index contributed by atoms with van der Waals surface area (Å²) in [6.07, 6.45) is 0. The fourth-order valence-corrected chi connectivity index (χ4v) is 4.73. The van der Waals surface area contributed by atoms with E-state index in [2.05, 4.69) is 15.6 Å². The molecule has 10 heteroatoms. The van der Waals surface area contributed by atoms with Gasteiger partial charge in [-0.05, 0) is 42.5 Å². The molecule has 0 spiro atoms. The lowest BCUT2D eigenvalue weighted by molar-refractivity contribution is -0.384. The first-order valence-corrected chi connectivity index (χ1v) is 11.2. The number of carbonyl (C=O) groups is 2. The molecule has 0 saturated carbocycles. The van der Waals surface area contributed by atoms with Gasteiger partial charge in [-0.25, -0.2) is 4.98 Å². The first-order valence-electron chi connectivity index (χ1n) is 9.42. The van der Waals surface area contributed by atoms with E-state index in [1.54, 1.807) is 18.2 Å². The van der Waals surface area contributed by atoms with E-state index in [1.165, 1.54) is 47.4 Å². The third-order valence-electron chi connectivity index (χ3n) is 4.35. The molecule has 4 rings (SSSR count). The van der Waals surface area contributed by atoms with Gasteiger partial charge in [-0.15, -0.1) is 11.3 Å². The Labute approximate surface area is 190 Å². The number of carbonyl (C=O) groups excluding carboxylic acids is 2. The SMILES string of the molecule is O=C(CSc1nc2ccc(NC(=O)c3ccccc3)cc2s1)Nc1ccc([N+](=O)[O-])cc1. The first kappa shape index (κ1) is 21.5. The average molecular weight is 465 g/mol. The van der Waals surface area contributed by atoms with Crippen molar-refractivity contribution in [3.05, 3.63) is 88.5 Å². The molecule has 2 N–H and O–H groups in total. The molecule has 32 heavy (non-hydrogen) atoms. The van der Waals surface area contributed by atoms with Crippen molar-refractivity contribution in [2.24, 2.45) is 0 Å². The molecule has 1 heterocycles. The molecule has 0 atom stereocenters. The van der Waals surface area contributed by atoms with Crippen molar-refractivity contribution in [3.63, 3.8) is 0 Å². The van der Waals surface area contributed by atoms with Crippen LogP contribution in [0.4, 0.5) is 17.1 Å². The molecule has 0 aliphatic heterocycles. The lowest BCUT2D eigenvalue weighted by atomic mass is 10.2. The summed E-state index contributed by atoms with van der Waals surface area (Å²) >= 11 is 2.73. The maximum absolute atomic E-state index is 12.3. The van der Waals surface area contributed by atoms with E-state index in [0.717, 1.165) is 14.6 Å². The number of aromatic nitrogens is 1. The minimum absolute atomic E-state index is 0.0359. The number of amides is 2. The summed E-state index contributed by atoms with van der Waals surface area (Å²) < 4.78 is 1.62. The molecule has 0 aliphatic carbocycles. The van der Waals surface area contributed by atoms with Crippen LogP contribution in [0.25, 0.3) is 10.2 Å². The highest BCUT2D eigenvalue weighted by Gasteiger charge is 2.11. The molecular formula is C22H16N4O4S2. The van der Waals surface area contributed by atoms with Crippen LogP contribution in [0, 0.1) is 10.1 Å². The Morgan fingerprint density at radius 1 is 0.969 bits per heavy atom. The molecule has 0 radical (unpaired) electrons. The topological polar surface area (TPSA) is 114 Å². The standard InChI is InChI=1S/C22H16N4O4S2/c27-20(23-15-6-9-17(10-7-15)26(29)30)13-31-22-25-18-11-8-16(12-19(18)32-22)24-21(28)14-4-2-1-3-5-14/h1-12H,13H2,(H,23,27)(H,24,28). The van der Waals surface area contributed by atoms with Crippen LogP contribution in [0.15, 0.2) is 77.1 Å². The second kappa shape index (κ2) is 9.58. The maximum Gasteiger partial charge on any atom is 0.269 e. The Morgan fingerprint density at radius 2 is 1.69 bits per heavy atom. The predicted molar refractivity (Wildman–Crippen MR) is 126 cm³/mol. The van der Waals surface area contributed by atoms with Gasteiger partial charge in [0, 0.05) is 29.1 Å². The molecule has 2 amide bonds. The van der Waals surface area contributed by atoms with Gasteiger partial charge < -0.3 is 10.6 Å². The molecule has 1 aromatic heterocycles. The highest BCUT2D eigenvalue weighted by molar-refractivity contribution is 8.01. The molecule has 0 fully saturated rings. The molecule has 0 saturated heterocycles. The van der Waals surface area contributed by atoms with Crippen molar-refractivity contribution in [2.75, 3.05) is 16.4 Å². The van der Waals surface area contributed by atoms with E-state index >= 15 is 0 Å². The normalized spacial score (nSPS) is 10.6. The summed E-state index contributed by atoms with van der Waals surface area (Å²) in [6, 6.07) is 20.1. The summed E-state index contributed by atoms with van der Waals surface area (Å²) in [4.78, 5) is 39.2. The number of hydrogen-bond acceptors (Lipinski definition) is 7. The Bertz CT molecular complexity index is 1290. The van der Waals surface area contributed by atoms with E-state index in [0.29, 0.717) is 16.9 Å². The van der Waals surface area contributed by atoms with Gasteiger partial charge in [-0.2, -0.15) is 0 Å². The number of thioether (sulfide) groups is 1. The number of nitrogens with zero attached hydrogens (tertiary/aromatic N) is 2. The highest BCUT2D eigenvalue weighted by atomic mass is 32.2. The fraction of sp³-hybridized carbons (Fsp3) is 0.0455. The van der Waals surface area contributed by atoms with Gasteiger partial charge in [0.1, 0.15) is 0 Å². The van der Waals surface area contributed by atoms with Crippen molar-refractivity contribution in [3.8, 4) is 0 Å². The zero-order valence-electron chi connectivity index (χ0n) is 16.5. The van der Waals surface area contributed by atoms with E-state index in [9.17, 15) is 19.7 Å². The van der Waals surface area contributed by atoms with Crippen LogP contribution in [-0.4, -0.2) is 27.5 Å². The zero-order valence-corrected chi connectivity index (χ0v) is 18.1. The summed E-state index contributed by atoms with van der Waals surface area (Å²) in [6.45, 7) is 0. The minimum atomic E-state index is -0.493. The van der Waals surface area contributed by atoms with Gasteiger partial charge in [-0.3, -0.25) is 19.7 Å². The average Bonchev–Trinajstić information content (AvgIpc) is 3.21. The van der Waals surface area contributed by atoms with E-state index in [4.69, 9.17) is 0 Å². The van der Waals surface area contributed by atoms with Crippen molar-refractivity contribution < 1.29 is 14.5 Å². The molecule has 4 aromatic rings. The zero-order chi connectivity index (χ0) is 22.5. The van der Waals surface area contributed by atoms with Crippen molar-refractivity contribution >= 4 is 62.2 Å². The van der Waals surface area contributed by atoms with Crippen LogP contribution in [0.2, 0.25) is 0 Å². The number of nitro benzene ring substituents is 1. The van der Waals surface area contributed by atoms with Gasteiger partial charge >= 0.3 is 0 Å². The maximum atomic E-state index is 12.3. The number of anilines is 2. The van der Waals surface area contributed by atoms with Gasteiger partial charge in [0.15, 0.2) is 4.34 Å². The number of nitrogens with one attached hydrogen (secondary N) is 2. The third kappa shape index (κ3) is 5.29. The number of nitro groups is 1. The number of thiazole rings is 1. The first-order chi connectivity index (χ1) is 15.5. The van der Waals surface area contributed by atoms with Gasteiger partial charge in [-0.1, -0.05) is 30.0 Å². The summed E-state index contributed by atoms with van der Waals surface area (Å²) in [7, 11) is 0. The van der Waals surface area contributed by atoms with Crippen molar-refractivity contribution in [1.82, 2.24) is 4.98 Å². The number of fused-ring (bicyclic) bond motifs is 1. The third-order valence-corrected chi connectivity index (χ3v) is 6.51. The molecule has 8 nitrogen and oxygen atoms in total. The Balaban J connectivity index is 1.36. The Hall–Kier alpha value is -3.76. The molecule has 3 aromatic carbocycles.